The molecule has 0 fully saturated rings. The molecule has 0 radical (unpaired) electrons. The smallest absolute Gasteiger partial charge is 0.0860 e. The van der Waals surface area contributed by atoms with E-state index < -0.39 is 0 Å². The third-order valence-electron chi connectivity index (χ3n) is 0.861. The zero-order valence-electron chi connectivity index (χ0n) is 5.23. The van der Waals surface area contributed by atoms with E-state index in [2.05, 4.69) is 5.18 Å². The highest BCUT2D eigenvalue weighted by Crippen LogP contribution is 2.48. The van der Waals surface area contributed by atoms with Crippen LogP contribution in [0.25, 0.3) is 0 Å². The molecule has 0 saturated carbocycles. The molecule has 5 heteroatoms. The fourth-order valence-electron chi connectivity index (χ4n) is 0.457. The van der Waals surface area contributed by atoms with Gasteiger partial charge in [0.05, 0.1) is 10.4 Å². The van der Waals surface area contributed by atoms with Crippen molar-refractivity contribution in [2.24, 2.45) is 5.18 Å². The lowest BCUT2D eigenvalue weighted by molar-refractivity contribution is 1.53. The van der Waals surface area contributed by atoms with Crippen LogP contribution in [0.4, 0.5) is 0 Å². The van der Waals surface area contributed by atoms with Gasteiger partial charge in [0.15, 0.2) is 0 Å². The minimum absolute atomic E-state index is 0.935. The molecular weight excluding hydrogens is 186 g/mol. The molecule has 0 saturated heterocycles. The highest BCUT2D eigenvalue weighted by molar-refractivity contribution is 8.82. The number of hydrogen-bond acceptors (Lipinski definition) is 5. The van der Waals surface area contributed by atoms with E-state index >= 15 is 0 Å². The van der Waals surface area contributed by atoms with Crippen molar-refractivity contribution in [3.63, 3.8) is 0 Å². The molecule has 10 heavy (non-hydrogen) atoms. The van der Waals surface area contributed by atoms with E-state index in [0.717, 1.165) is 4.91 Å². The Balaban J connectivity index is 2.63. The minimum atomic E-state index is 0.935. The van der Waals surface area contributed by atoms with Crippen LogP contribution in [-0.2, 0) is 0 Å². The molecule has 54 valence electrons. The zero-order valence-corrected chi connectivity index (χ0v) is 7.68. The first kappa shape index (κ1) is 8.23. The van der Waals surface area contributed by atoms with Gasteiger partial charge in [-0.15, -0.1) is 16.7 Å². The van der Waals surface area contributed by atoms with Crippen molar-refractivity contribution < 1.29 is 0 Å². The van der Waals surface area contributed by atoms with Crippen molar-refractivity contribution in [3.05, 3.63) is 26.3 Å². The van der Waals surface area contributed by atoms with Gasteiger partial charge in [0.25, 0.3) is 0 Å². The van der Waals surface area contributed by atoms with Crippen LogP contribution in [0.15, 0.2) is 26.6 Å². The molecule has 0 N–H and O–H groups in total. The van der Waals surface area contributed by atoms with Gasteiger partial charge in [0.1, 0.15) is 0 Å². The van der Waals surface area contributed by atoms with Gasteiger partial charge in [-0.1, -0.05) is 10.8 Å². The van der Waals surface area contributed by atoms with E-state index in [1.165, 1.54) is 10.4 Å². The van der Waals surface area contributed by atoms with Crippen LogP contribution in [0, 0.1) is 4.91 Å². The summed E-state index contributed by atoms with van der Waals surface area (Å²) >= 11 is 1.68. The number of hydrogen-bond donors (Lipinski definition) is 0. The maximum absolute atomic E-state index is 9.77. The van der Waals surface area contributed by atoms with E-state index in [-0.39, 0.29) is 0 Å². The summed E-state index contributed by atoms with van der Waals surface area (Å²) in [5, 5.41) is 2.69. The number of nitroso groups, excluding NO2 is 1. The van der Waals surface area contributed by atoms with Gasteiger partial charge >= 0.3 is 0 Å². The molecule has 2 nitrogen and oxygen atoms in total. The number of allylic oxidation sites excluding steroid dienone is 1. The maximum Gasteiger partial charge on any atom is 0.0860 e. The number of nitrogens with zero attached hydrogens (tertiary/aromatic N) is 1. The molecule has 0 bridgehead atoms. The molecular formula is C5H5NOS3. The lowest BCUT2D eigenvalue weighted by Gasteiger charge is -1.86. The monoisotopic (exact) mass is 191 g/mol. The molecule has 1 aliphatic rings. The summed E-state index contributed by atoms with van der Waals surface area (Å²) in [5.41, 5.74) is 0. The second kappa shape index (κ2) is 4.10. The standard InChI is InChI=1S/C5H5NOS3/c1-8-5-2-4(3-6-7)9-10-5/h2-3H,1H3/b4-3-. The summed E-state index contributed by atoms with van der Waals surface area (Å²) < 4.78 is 1.22. The van der Waals surface area contributed by atoms with Gasteiger partial charge < -0.3 is 0 Å². The fraction of sp³-hybridized carbons (Fsp3) is 0.200. The molecule has 1 heterocycles. The summed E-state index contributed by atoms with van der Waals surface area (Å²) in [5.74, 6) is 0. The lowest BCUT2D eigenvalue weighted by Crippen LogP contribution is -1.58. The number of rotatable bonds is 2. The van der Waals surface area contributed by atoms with Crippen molar-refractivity contribution in [2.45, 2.75) is 0 Å². The first-order valence-corrected chi connectivity index (χ1v) is 5.87. The maximum atomic E-state index is 9.77. The van der Waals surface area contributed by atoms with Crippen LogP contribution in [0.2, 0.25) is 0 Å². The molecule has 0 aromatic rings. The second-order valence-electron chi connectivity index (χ2n) is 1.47. The Hall–Kier alpha value is 0.130. The summed E-state index contributed by atoms with van der Waals surface area (Å²) in [4.78, 5) is 10.7. The van der Waals surface area contributed by atoms with E-state index in [4.69, 9.17) is 0 Å². The molecule has 0 unspecified atom stereocenters. The average Bonchev–Trinajstić information content (AvgIpc) is 2.37. The summed E-state index contributed by atoms with van der Waals surface area (Å²) in [6.45, 7) is 0. The Kier molecular flexibility index (Phi) is 3.37. The van der Waals surface area contributed by atoms with Gasteiger partial charge in [-0.2, -0.15) is 0 Å². The predicted octanol–water partition coefficient (Wildman–Crippen LogP) is 3.19. The lowest BCUT2D eigenvalue weighted by atomic mass is 10.6. The normalized spacial score (nSPS) is 21.3. The van der Waals surface area contributed by atoms with E-state index in [1.54, 1.807) is 33.3 Å². The first-order chi connectivity index (χ1) is 4.86. The van der Waals surface area contributed by atoms with Gasteiger partial charge in [-0.05, 0) is 28.3 Å². The molecule has 0 atom stereocenters. The van der Waals surface area contributed by atoms with Crippen molar-refractivity contribution in [1.29, 1.82) is 0 Å². The molecule has 0 aliphatic carbocycles. The molecule has 0 spiro atoms. The predicted molar refractivity (Wildman–Crippen MR) is 50.7 cm³/mol. The van der Waals surface area contributed by atoms with Crippen molar-refractivity contribution >= 4 is 33.3 Å². The Morgan fingerprint density at radius 2 is 2.50 bits per heavy atom. The summed E-state index contributed by atoms with van der Waals surface area (Å²) in [7, 11) is 3.23. The molecule has 1 aliphatic heterocycles. The SMILES string of the molecule is CSC1=C/C(=C/N=O)SS1. The summed E-state index contributed by atoms with van der Waals surface area (Å²) in [6, 6.07) is 0. The molecule has 0 aromatic heterocycles. The van der Waals surface area contributed by atoms with Gasteiger partial charge in [-0.25, -0.2) is 0 Å². The third-order valence-corrected chi connectivity index (χ3v) is 4.60. The van der Waals surface area contributed by atoms with Crippen molar-refractivity contribution in [2.75, 3.05) is 6.26 Å². The molecule has 0 aromatic carbocycles. The minimum Gasteiger partial charge on any atom is -0.145 e. The Bertz CT molecular complexity index is 199. The fourth-order valence-corrected chi connectivity index (χ4v) is 3.60. The van der Waals surface area contributed by atoms with Gasteiger partial charge in [0.2, 0.25) is 0 Å². The Morgan fingerprint density at radius 1 is 1.70 bits per heavy atom. The van der Waals surface area contributed by atoms with Crippen LogP contribution < -0.4 is 0 Å². The highest BCUT2D eigenvalue weighted by Gasteiger charge is 2.09. The second-order valence-corrected chi connectivity index (χ2v) is 4.82. The first-order valence-electron chi connectivity index (χ1n) is 2.49. The van der Waals surface area contributed by atoms with Crippen molar-refractivity contribution in [3.8, 4) is 0 Å². The van der Waals surface area contributed by atoms with Crippen LogP contribution in [0.3, 0.4) is 0 Å². The third kappa shape index (κ3) is 2.07. The highest BCUT2D eigenvalue weighted by atomic mass is 33.1. The van der Waals surface area contributed by atoms with Gasteiger partial charge in [0, 0.05) is 4.91 Å². The summed E-state index contributed by atoms with van der Waals surface area (Å²) in [6.07, 6.45) is 5.30. The van der Waals surface area contributed by atoms with E-state index in [1.807, 2.05) is 12.3 Å². The topological polar surface area (TPSA) is 29.4 Å². The van der Waals surface area contributed by atoms with Crippen LogP contribution in [0.1, 0.15) is 0 Å². The largest absolute Gasteiger partial charge is 0.145 e. The average molecular weight is 191 g/mol. The van der Waals surface area contributed by atoms with Crippen LogP contribution in [0.5, 0.6) is 0 Å². The molecule has 0 amide bonds. The van der Waals surface area contributed by atoms with Crippen LogP contribution >= 0.6 is 33.3 Å². The van der Waals surface area contributed by atoms with Gasteiger partial charge in [-0.3, -0.25) is 0 Å². The quantitative estimate of drug-likeness (QED) is 0.495. The Morgan fingerprint density at radius 3 is 3.00 bits per heavy atom. The van der Waals surface area contributed by atoms with Crippen LogP contribution in [-0.4, -0.2) is 6.26 Å². The Labute approximate surface area is 71.3 Å². The number of thioether (sulfide) groups is 1. The molecule has 1 rings (SSSR count). The van der Waals surface area contributed by atoms with Crippen molar-refractivity contribution in [1.82, 2.24) is 0 Å². The van der Waals surface area contributed by atoms with E-state index in [0.29, 0.717) is 0 Å². The zero-order chi connectivity index (χ0) is 7.40. The van der Waals surface area contributed by atoms with E-state index in [9.17, 15) is 4.91 Å².